The maximum Gasteiger partial charge on any atom is 0.406 e. The van der Waals surface area contributed by atoms with E-state index in [2.05, 4.69) is 4.98 Å². The Morgan fingerprint density at radius 1 is 1.38 bits per heavy atom. The van der Waals surface area contributed by atoms with Gasteiger partial charge < -0.3 is 14.4 Å². The summed E-state index contributed by atoms with van der Waals surface area (Å²) >= 11 is 0. The number of alkyl halides is 3. The fourth-order valence-electron chi connectivity index (χ4n) is 1.83. The highest BCUT2D eigenvalue weighted by Gasteiger charge is 2.28. The average Bonchev–Trinajstić information content (AvgIpc) is 2.81. The first-order valence-electron chi connectivity index (χ1n) is 6.33. The molecule has 0 radical (unpaired) electrons. The van der Waals surface area contributed by atoms with Crippen LogP contribution >= 0.6 is 0 Å². The van der Waals surface area contributed by atoms with Gasteiger partial charge in [-0.2, -0.15) is 13.2 Å². The molecule has 0 saturated carbocycles. The molecule has 1 aromatic heterocycles. The molecule has 0 bridgehead atoms. The highest BCUT2D eigenvalue weighted by atomic mass is 19.4. The first-order valence-corrected chi connectivity index (χ1v) is 6.33. The molecule has 0 aliphatic carbocycles. The Bertz CT molecular complexity index is 594. The van der Waals surface area contributed by atoms with Crippen molar-refractivity contribution in [1.29, 1.82) is 0 Å². The van der Waals surface area contributed by atoms with Crippen molar-refractivity contribution >= 4 is 0 Å². The van der Waals surface area contributed by atoms with E-state index in [1.165, 1.54) is 12.4 Å². The quantitative estimate of drug-likeness (QED) is 0.923. The highest BCUT2D eigenvalue weighted by Crippen LogP contribution is 2.21. The maximum atomic E-state index is 12.4. The summed E-state index contributed by atoms with van der Waals surface area (Å²) in [5, 5.41) is 9.48. The van der Waals surface area contributed by atoms with E-state index >= 15 is 0 Å². The van der Waals surface area contributed by atoms with Crippen molar-refractivity contribution in [1.82, 2.24) is 9.55 Å². The predicted molar refractivity (Wildman–Crippen MR) is 69.7 cm³/mol. The van der Waals surface area contributed by atoms with Crippen LogP contribution in [0.15, 0.2) is 36.7 Å². The summed E-state index contributed by atoms with van der Waals surface area (Å²) in [5.41, 5.74) is 0.672. The first kappa shape index (κ1) is 15.4. The summed E-state index contributed by atoms with van der Waals surface area (Å²) in [5.74, 6) is 0.657. The van der Waals surface area contributed by atoms with Gasteiger partial charge in [-0.3, -0.25) is 0 Å². The lowest BCUT2D eigenvalue weighted by atomic mass is 10.1. The number of halogens is 3. The van der Waals surface area contributed by atoms with Crippen molar-refractivity contribution in [3.8, 4) is 5.75 Å². The molecule has 1 N–H and O–H groups in total. The van der Waals surface area contributed by atoms with E-state index in [4.69, 9.17) is 4.74 Å². The molecule has 4 nitrogen and oxygen atoms in total. The van der Waals surface area contributed by atoms with Gasteiger partial charge in [0.05, 0.1) is 6.10 Å². The lowest BCUT2D eigenvalue weighted by molar-refractivity contribution is -0.141. The largest absolute Gasteiger partial charge is 0.486 e. The second kappa shape index (κ2) is 6.17. The number of nitrogens with zero attached hydrogens (tertiary/aromatic N) is 2. The van der Waals surface area contributed by atoms with Crippen LogP contribution < -0.4 is 4.74 Å². The standard InChI is InChI=1S/C14H15F3N2O2/c1-10(20)11-3-2-4-12(7-11)21-8-13-18-5-6-19(13)9-14(15,16)17/h2-7,10,20H,8-9H2,1H3/t10-/m0/s1. The van der Waals surface area contributed by atoms with Gasteiger partial charge in [0.1, 0.15) is 24.7 Å². The van der Waals surface area contributed by atoms with Crippen LogP contribution in [0.1, 0.15) is 24.4 Å². The molecule has 1 aromatic carbocycles. The van der Waals surface area contributed by atoms with Gasteiger partial charge in [0.15, 0.2) is 0 Å². The predicted octanol–water partition coefficient (Wildman–Crippen LogP) is 3.08. The second-order valence-electron chi connectivity index (χ2n) is 4.62. The number of imidazole rings is 1. The second-order valence-corrected chi connectivity index (χ2v) is 4.62. The van der Waals surface area contributed by atoms with Gasteiger partial charge >= 0.3 is 6.18 Å². The molecule has 2 aromatic rings. The van der Waals surface area contributed by atoms with Gasteiger partial charge in [-0.1, -0.05) is 12.1 Å². The fraction of sp³-hybridized carbons (Fsp3) is 0.357. The molecule has 0 fully saturated rings. The Hall–Kier alpha value is -2.02. The number of hydrogen-bond acceptors (Lipinski definition) is 3. The number of aromatic nitrogens is 2. The molecule has 0 aliphatic rings. The average molecular weight is 300 g/mol. The summed E-state index contributed by atoms with van der Waals surface area (Å²) in [6.07, 6.45) is -2.38. The van der Waals surface area contributed by atoms with Gasteiger partial charge in [0, 0.05) is 12.4 Å². The van der Waals surface area contributed by atoms with Gasteiger partial charge in [-0.15, -0.1) is 0 Å². The van der Waals surface area contributed by atoms with Crippen LogP contribution in [0.2, 0.25) is 0 Å². The Kier molecular flexibility index (Phi) is 4.52. The summed E-state index contributed by atoms with van der Waals surface area (Å²) in [6, 6.07) is 6.76. The van der Waals surface area contributed by atoms with E-state index in [9.17, 15) is 18.3 Å². The minimum atomic E-state index is -4.30. The lowest BCUT2D eigenvalue weighted by Gasteiger charge is -2.12. The van der Waals surface area contributed by atoms with E-state index in [1.54, 1.807) is 31.2 Å². The topological polar surface area (TPSA) is 47.3 Å². The third-order valence-electron chi connectivity index (χ3n) is 2.86. The van der Waals surface area contributed by atoms with Crippen molar-refractivity contribution in [2.24, 2.45) is 0 Å². The number of benzene rings is 1. The van der Waals surface area contributed by atoms with E-state index in [0.717, 1.165) is 4.57 Å². The maximum absolute atomic E-state index is 12.4. The molecule has 7 heteroatoms. The summed E-state index contributed by atoms with van der Waals surface area (Å²) in [7, 11) is 0. The molecule has 2 rings (SSSR count). The monoisotopic (exact) mass is 300 g/mol. The van der Waals surface area contributed by atoms with E-state index in [-0.39, 0.29) is 12.4 Å². The van der Waals surface area contributed by atoms with Crippen LogP contribution in [-0.2, 0) is 13.2 Å². The van der Waals surface area contributed by atoms with Crippen LogP contribution in [0.3, 0.4) is 0 Å². The molecule has 1 atom stereocenters. The zero-order valence-corrected chi connectivity index (χ0v) is 11.3. The number of rotatable bonds is 5. The minimum Gasteiger partial charge on any atom is -0.486 e. The molecule has 0 unspecified atom stereocenters. The number of ether oxygens (including phenoxy) is 1. The van der Waals surface area contributed by atoms with Gasteiger partial charge in [-0.05, 0) is 24.6 Å². The zero-order chi connectivity index (χ0) is 15.5. The van der Waals surface area contributed by atoms with Crippen LogP contribution in [0.5, 0.6) is 5.75 Å². The van der Waals surface area contributed by atoms with Crippen molar-refractivity contribution in [3.05, 3.63) is 48.0 Å². The Morgan fingerprint density at radius 3 is 2.81 bits per heavy atom. The van der Waals surface area contributed by atoms with Crippen LogP contribution in [0.25, 0.3) is 0 Å². The van der Waals surface area contributed by atoms with E-state index in [0.29, 0.717) is 11.3 Å². The number of aliphatic hydroxyl groups excluding tert-OH is 1. The molecule has 0 amide bonds. The number of hydrogen-bond donors (Lipinski definition) is 1. The Labute approximate surface area is 119 Å². The van der Waals surface area contributed by atoms with Crippen molar-refractivity contribution in [3.63, 3.8) is 0 Å². The van der Waals surface area contributed by atoms with Crippen molar-refractivity contribution < 1.29 is 23.0 Å². The van der Waals surface area contributed by atoms with Crippen molar-refractivity contribution in [2.75, 3.05) is 0 Å². The molecular formula is C14H15F3N2O2. The third-order valence-corrected chi connectivity index (χ3v) is 2.86. The highest BCUT2D eigenvalue weighted by molar-refractivity contribution is 5.29. The third kappa shape index (κ3) is 4.49. The van der Waals surface area contributed by atoms with Crippen LogP contribution in [0.4, 0.5) is 13.2 Å². The summed E-state index contributed by atoms with van der Waals surface area (Å²) in [6.45, 7) is 0.445. The smallest absolute Gasteiger partial charge is 0.406 e. The summed E-state index contributed by atoms with van der Waals surface area (Å²) in [4.78, 5) is 3.86. The normalized spacial score (nSPS) is 13.2. The number of aliphatic hydroxyl groups is 1. The molecule has 0 saturated heterocycles. The zero-order valence-electron chi connectivity index (χ0n) is 11.3. The fourth-order valence-corrected chi connectivity index (χ4v) is 1.83. The lowest BCUT2D eigenvalue weighted by Crippen LogP contribution is -2.19. The Balaban J connectivity index is 2.04. The SMILES string of the molecule is C[C@H](O)c1cccc(OCc2nccn2CC(F)(F)F)c1. The van der Waals surface area contributed by atoms with E-state index < -0.39 is 18.8 Å². The minimum absolute atomic E-state index is 0.0770. The van der Waals surface area contributed by atoms with Gasteiger partial charge in [0.2, 0.25) is 0 Å². The molecule has 0 aliphatic heterocycles. The molecule has 114 valence electrons. The van der Waals surface area contributed by atoms with Gasteiger partial charge in [0.25, 0.3) is 0 Å². The first-order chi connectivity index (χ1) is 9.85. The van der Waals surface area contributed by atoms with Gasteiger partial charge in [-0.25, -0.2) is 4.98 Å². The molecule has 0 spiro atoms. The van der Waals surface area contributed by atoms with Crippen LogP contribution in [-0.4, -0.2) is 20.8 Å². The molecule has 1 heterocycles. The molecular weight excluding hydrogens is 285 g/mol. The van der Waals surface area contributed by atoms with Crippen molar-refractivity contribution in [2.45, 2.75) is 32.4 Å². The van der Waals surface area contributed by atoms with Crippen LogP contribution in [0, 0.1) is 0 Å². The van der Waals surface area contributed by atoms with E-state index in [1.807, 2.05) is 0 Å². The summed E-state index contributed by atoms with van der Waals surface area (Å²) < 4.78 is 43.6. The Morgan fingerprint density at radius 2 is 2.14 bits per heavy atom. The molecule has 21 heavy (non-hydrogen) atoms.